The van der Waals surface area contributed by atoms with Crippen molar-refractivity contribution in [1.82, 2.24) is 0 Å². The molecule has 2 heteroatoms. The summed E-state index contributed by atoms with van der Waals surface area (Å²) in [5, 5.41) is 9.36. The summed E-state index contributed by atoms with van der Waals surface area (Å²) < 4.78 is 5.81. The molecule has 1 aliphatic carbocycles. The fourth-order valence-electron chi connectivity index (χ4n) is 2.00. The summed E-state index contributed by atoms with van der Waals surface area (Å²) >= 11 is 0. The van der Waals surface area contributed by atoms with Crippen molar-refractivity contribution in [1.29, 1.82) is 0 Å². The Morgan fingerprint density at radius 1 is 1.07 bits per heavy atom. The minimum Gasteiger partial charge on any atom is -0.393 e. The van der Waals surface area contributed by atoms with Gasteiger partial charge in [0.1, 0.15) is 0 Å². The molecule has 2 rings (SSSR count). The second-order valence-corrected chi connectivity index (χ2v) is 4.23. The molecule has 1 aliphatic rings. The molecule has 0 aromatic heterocycles. The number of rotatable bonds is 3. The summed E-state index contributed by atoms with van der Waals surface area (Å²) in [6.07, 6.45) is 4.01. The molecule has 0 aliphatic heterocycles. The van der Waals surface area contributed by atoms with Crippen LogP contribution in [-0.2, 0) is 11.3 Å². The highest BCUT2D eigenvalue weighted by Gasteiger charge is 2.19. The maximum Gasteiger partial charge on any atom is 0.0720 e. The second kappa shape index (κ2) is 5.29. The lowest BCUT2D eigenvalue weighted by Gasteiger charge is -2.25. The van der Waals surface area contributed by atoms with Crippen LogP contribution in [-0.4, -0.2) is 17.3 Å². The lowest BCUT2D eigenvalue weighted by Crippen LogP contribution is -2.24. The normalized spacial score (nSPS) is 26.5. The molecule has 82 valence electrons. The van der Waals surface area contributed by atoms with Crippen molar-refractivity contribution in [2.24, 2.45) is 0 Å². The SMILES string of the molecule is O[C@H]1CC[C@@H](OCc2ccccc2)CC1. The zero-order chi connectivity index (χ0) is 10.5. The van der Waals surface area contributed by atoms with E-state index in [-0.39, 0.29) is 6.10 Å². The van der Waals surface area contributed by atoms with E-state index in [2.05, 4.69) is 12.1 Å². The van der Waals surface area contributed by atoms with Crippen LogP contribution in [0.3, 0.4) is 0 Å². The Bertz CT molecular complexity index is 276. The topological polar surface area (TPSA) is 29.5 Å². The van der Waals surface area contributed by atoms with Crippen LogP contribution in [0.1, 0.15) is 31.2 Å². The van der Waals surface area contributed by atoms with Crippen molar-refractivity contribution in [3.8, 4) is 0 Å². The lowest BCUT2D eigenvalue weighted by molar-refractivity contribution is -0.0118. The van der Waals surface area contributed by atoms with E-state index in [1.807, 2.05) is 18.2 Å². The van der Waals surface area contributed by atoms with Crippen molar-refractivity contribution in [3.63, 3.8) is 0 Å². The van der Waals surface area contributed by atoms with Crippen molar-refractivity contribution in [2.75, 3.05) is 0 Å². The maximum atomic E-state index is 9.36. The predicted molar refractivity (Wildman–Crippen MR) is 59.5 cm³/mol. The fraction of sp³-hybridized carbons (Fsp3) is 0.538. The van der Waals surface area contributed by atoms with Gasteiger partial charge < -0.3 is 9.84 Å². The average molecular weight is 206 g/mol. The molecule has 15 heavy (non-hydrogen) atoms. The van der Waals surface area contributed by atoms with Crippen LogP contribution in [0, 0.1) is 0 Å². The van der Waals surface area contributed by atoms with E-state index >= 15 is 0 Å². The van der Waals surface area contributed by atoms with Gasteiger partial charge in [-0.2, -0.15) is 0 Å². The third-order valence-electron chi connectivity index (χ3n) is 2.97. The number of hydrogen-bond acceptors (Lipinski definition) is 2. The van der Waals surface area contributed by atoms with E-state index in [1.165, 1.54) is 5.56 Å². The molecule has 0 spiro atoms. The fourth-order valence-corrected chi connectivity index (χ4v) is 2.00. The first-order chi connectivity index (χ1) is 7.34. The van der Waals surface area contributed by atoms with E-state index < -0.39 is 0 Å². The van der Waals surface area contributed by atoms with Gasteiger partial charge >= 0.3 is 0 Å². The highest BCUT2D eigenvalue weighted by Crippen LogP contribution is 2.21. The van der Waals surface area contributed by atoms with Gasteiger partial charge in [-0.05, 0) is 31.2 Å². The Morgan fingerprint density at radius 3 is 2.40 bits per heavy atom. The van der Waals surface area contributed by atoms with Gasteiger partial charge in [-0.25, -0.2) is 0 Å². The first kappa shape index (κ1) is 10.7. The molecule has 0 heterocycles. The zero-order valence-electron chi connectivity index (χ0n) is 8.93. The van der Waals surface area contributed by atoms with E-state index in [1.54, 1.807) is 0 Å². The highest BCUT2D eigenvalue weighted by atomic mass is 16.5. The Morgan fingerprint density at radius 2 is 1.73 bits per heavy atom. The summed E-state index contributed by atoms with van der Waals surface area (Å²) in [4.78, 5) is 0. The minimum absolute atomic E-state index is 0.0958. The molecule has 1 saturated carbocycles. The van der Waals surface area contributed by atoms with Gasteiger partial charge in [0, 0.05) is 0 Å². The smallest absolute Gasteiger partial charge is 0.0720 e. The molecule has 1 aromatic carbocycles. The lowest BCUT2D eigenvalue weighted by atomic mass is 9.95. The summed E-state index contributed by atoms with van der Waals surface area (Å²) in [6, 6.07) is 10.2. The highest BCUT2D eigenvalue weighted by molar-refractivity contribution is 5.13. The molecule has 2 nitrogen and oxygen atoms in total. The molecule has 0 bridgehead atoms. The van der Waals surface area contributed by atoms with Crippen LogP contribution >= 0.6 is 0 Å². The third kappa shape index (κ3) is 3.33. The third-order valence-corrected chi connectivity index (χ3v) is 2.97. The van der Waals surface area contributed by atoms with Crippen molar-refractivity contribution >= 4 is 0 Å². The summed E-state index contributed by atoms with van der Waals surface area (Å²) in [5.74, 6) is 0. The van der Waals surface area contributed by atoms with Crippen molar-refractivity contribution in [3.05, 3.63) is 35.9 Å². The van der Waals surface area contributed by atoms with Gasteiger partial charge in [-0.1, -0.05) is 30.3 Å². The van der Waals surface area contributed by atoms with Crippen LogP contribution in [0.4, 0.5) is 0 Å². The van der Waals surface area contributed by atoms with E-state index in [0.29, 0.717) is 12.7 Å². The largest absolute Gasteiger partial charge is 0.393 e. The first-order valence-corrected chi connectivity index (χ1v) is 5.68. The van der Waals surface area contributed by atoms with E-state index in [0.717, 1.165) is 25.7 Å². The zero-order valence-corrected chi connectivity index (χ0v) is 8.93. The van der Waals surface area contributed by atoms with Gasteiger partial charge in [0.15, 0.2) is 0 Å². The number of aliphatic hydroxyl groups is 1. The van der Waals surface area contributed by atoms with Crippen molar-refractivity contribution < 1.29 is 9.84 Å². The Hall–Kier alpha value is -0.860. The molecule has 1 fully saturated rings. The van der Waals surface area contributed by atoms with Crippen LogP contribution in [0.25, 0.3) is 0 Å². The molecular formula is C13H18O2. The quantitative estimate of drug-likeness (QED) is 0.823. The molecule has 0 radical (unpaired) electrons. The number of aliphatic hydroxyl groups excluding tert-OH is 1. The van der Waals surface area contributed by atoms with Gasteiger partial charge in [-0.15, -0.1) is 0 Å². The minimum atomic E-state index is -0.0958. The Labute approximate surface area is 90.9 Å². The van der Waals surface area contributed by atoms with Gasteiger partial charge in [0.05, 0.1) is 18.8 Å². The number of hydrogen-bond donors (Lipinski definition) is 1. The van der Waals surface area contributed by atoms with Crippen molar-refractivity contribution in [2.45, 2.75) is 44.5 Å². The van der Waals surface area contributed by atoms with Crippen LogP contribution in [0.2, 0.25) is 0 Å². The van der Waals surface area contributed by atoms with E-state index in [4.69, 9.17) is 4.74 Å². The number of ether oxygens (including phenoxy) is 1. The van der Waals surface area contributed by atoms with Gasteiger partial charge in [-0.3, -0.25) is 0 Å². The van der Waals surface area contributed by atoms with E-state index in [9.17, 15) is 5.11 Å². The molecule has 0 amide bonds. The van der Waals surface area contributed by atoms with Crippen LogP contribution in [0.15, 0.2) is 30.3 Å². The molecule has 0 atom stereocenters. The summed E-state index contributed by atoms with van der Waals surface area (Å²) in [6.45, 7) is 0.696. The molecule has 1 N–H and O–H groups in total. The average Bonchev–Trinajstić information content (AvgIpc) is 2.30. The second-order valence-electron chi connectivity index (χ2n) is 4.23. The number of benzene rings is 1. The Kier molecular flexibility index (Phi) is 3.75. The first-order valence-electron chi connectivity index (χ1n) is 5.68. The molecule has 0 unspecified atom stereocenters. The van der Waals surface area contributed by atoms with Crippen LogP contribution in [0.5, 0.6) is 0 Å². The van der Waals surface area contributed by atoms with Crippen LogP contribution < -0.4 is 0 Å². The summed E-state index contributed by atoms with van der Waals surface area (Å²) in [7, 11) is 0. The molecule has 1 aromatic rings. The molecule has 0 saturated heterocycles. The van der Waals surface area contributed by atoms with Gasteiger partial charge in [0.2, 0.25) is 0 Å². The Balaban J connectivity index is 1.74. The summed E-state index contributed by atoms with van der Waals surface area (Å²) in [5.41, 5.74) is 1.23. The maximum absolute atomic E-state index is 9.36. The standard InChI is InChI=1S/C13H18O2/c14-12-6-8-13(9-7-12)15-10-11-4-2-1-3-5-11/h1-5,12-14H,6-10H2/t12-,13+. The monoisotopic (exact) mass is 206 g/mol. The van der Waals surface area contributed by atoms with Gasteiger partial charge in [0.25, 0.3) is 0 Å². The predicted octanol–water partition coefficient (Wildman–Crippen LogP) is 2.51. The molecular weight excluding hydrogens is 188 g/mol.